The van der Waals surface area contributed by atoms with Crippen LogP contribution in [0.2, 0.25) is 0 Å². The zero-order chi connectivity index (χ0) is 13.4. The summed E-state index contributed by atoms with van der Waals surface area (Å²) in [5, 5.41) is 0. The van der Waals surface area contributed by atoms with E-state index >= 15 is 0 Å². The van der Waals surface area contributed by atoms with Gasteiger partial charge in [-0.1, -0.05) is 38.0 Å². The summed E-state index contributed by atoms with van der Waals surface area (Å²) in [5.41, 5.74) is 0.348. The van der Waals surface area contributed by atoms with Gasteiger partial charge in [-0.2, -0.15) is 8.78 Å². The highest BCUT2D eigenvalue weighted by Crippen LogP contribution is 2.16. The Labute approximate surface area is 105 Å². The lowest BCUT2D eigenvalue weighted by Crippen LogP contribution is -2.03. The fraction of sp³-hybridized carbons (Fsp3) is 0.357. The lowest BCUT2D eigenvalue weighted by molar-refractivity contribution is -0.0498. The maximum atomic E-state index is 12.0. The molecule has 2 nitrogen and oxygen atoms in total. The molecule has 1 aromatic carbocycles. The highest BCUT2D eigenvalue weighted by atomic mass is 19.3. The summed E-state index contributed by atoms with van der Waals surface area (Å²) in [6.07, 6.45) is 6.20. The van der Waals surface area contributed by atoms with E-state index in [9.17, 15) is 13.6 Å². The summed E-state index contributed by atoms with van der Waals surface area (Å²) in [4.78, 5) is 11.7. The minimum Gasteiger partial charge on any atom is -0.435 e. The predicted octanol–water partition coefficient (Wildman–Crippen LogP) is 4.22. The van der Waals surface area contributed by atoms with Crippen molar-refractivity contribution in [2.45, 2.75) is 32.8 Å². The van der Waals surface area contributed by atoms with Crippen molar-refractivity contribution in [3.63, 3.8) is 0 Å². The van der Waals surface area contributed by atoms with E-state index in [1.54, 1.807) is 12.1 Å². The van der Waals surface area contributed by atoms with E-state index in [1.165, 1.54) is 24.3 Å². The summed E-state index contributed by atoms with van der Waals surface area (Å²) < 4.78 is 28.3. The third-order valence-corrected chi connectivity index (χ3v) is 2.34. The third kappa shape index (κ3) is 5.08. The number of alkyl halides is 2. The largest absolute Gasteiger partial charge is 0.435 e. The average Bonchev–Trinajstić information content (AvgIpc) is 2.34. The molecule has 0 fully saturated rings. The van der Waals surface area contributed by atoms with Gasteiger partial charge in [0.15, 0.2) is 5.78 Å². The fourth-order valence-electron chi connectivity index (χ4n) is 1.43. The van der Waals surface area contributed by atoms with Gasteiger partial charge in [0, 0.05) is 5.56 Å². The molecule has 0 amide bonds. The molecule has 0 saturated carbocycles. The van der Waals surface area contributed by atoms with Gasteiger partial charge >= 0.3 is 6.61 Å². The Morgan fingerprint density at radius 3 is 2.89 bits per heavy atom. The van der Waals surface area contributed by atoms with Gasteiger partial charge in [-0.25, -0.2) is 0 Å². The van der Waals surface area contributed by atoms with Gasteiger partial charge in [-0.05, 0) is 24.6 Å². The number of hydrogen-bond donors (Lipinski definition) is 0. The van der Waals surface area contributed by atoms with Crippen LogP contribution in [0.5, 0.6) is 5.75 Å². The van der Waals surface area contributed by atoms with Crippen LogP contribution in [-0.2, 0) is 0 Å². The van der Waals surface area contributed by atoms with E-state index in [0.717, 1.165) is 19.3 Å². The van der Waals surface area contributed by atoms with Gasteiger partial charge < -0.3 is 4.74 Å². The fourth-order valence-corrected chi connectivity index (χ4v) is 1.43. The first kappa shape index (κ1) is 14.4. The van der Waals surface area contributed by atoms with Crippen LogP contribution in [0.3, 0.4) is 0 Å². The van der Waals surface area contributed by atoms with Crippen LogP contribution in [0, 0.1) is 0 Å². The Morgan fingerprint density at radius 2 is 2.22 bits per heavy atom. The average molecular weight is 254 g/mol. The van der Waals surface area contributed by atoms with E-state index in [0.29, 0.717) is 5.56 Å². The van der Waals surface area contributed by atoms with Gasteiger partial charge in [0.2, 0.25) is 0 Å². The molecule has 0 aromatic heterocycles. The molecule has 4 heteroatoms. The van der Waals surface area contributed by atoms with Crippen LogP contribution in [0.1, 0.15) is 36.5 Å². The second-order valence-corrected chi connectivity index (χ2v) is 3.82. The number of benzene rings is 1. The lowest BCUT2D eigenvalue weighted by atomic mass is 10.1. The van der Waals surface area contributed by atoms with Crippen molar-refractivity contribution >= 4 is 5.78 Å². The number of unbranched alkanes of at least 4 members (excludes halogenated alkanes) is 2. The van der Waals surface area contributed by atoms with E-state index in [2.05, 4.69) is 11.7 Å². The van der Waals surface area contributed by atoms with Crippen molar-refractivity contribution in [2.75, 3.05) is 0 Å². The SMILES string of the molecule is CCCC/C=C/C(=O)c1cccc(OC(F)F)c1. The molecule has 0 atom stereocenters. The van der Waals surface area contributed by atoms with Crippen LogP contribution < -0.4 is 4.74 Å². The van der Waals surface area contributed by atoms with Gasteiger partial charge in [0.05, 0.1) is 0 Å². The van der Waals surface area contributed by atoms with Crippen LogP contribution in [0.4, 0.5) is 8.78 Å². The zero-order valence-electron chi connectivity index (χ0n) is 10.2. The van der Waals surface area contributed by atoms with Crippen molar-refractivity contribution < 1.29 is 18.3 Å². The van der Waals surface area contributed by atoms with E-state index in [1.807, 2.05) is 0 Å². The normalized spacial score (nSPS) is 11.1. The van der Waals surface area contributed by atoms with E-state index < -0.39 is 6.61 Å². The molecular weight excluding hydrogens is 238 g/mol. The van der Waals surface area contributed by atoms with Crippen molar-refractivity contribution in [2.24, 2.45) is 0 Å². The molecule has 1 rings (SSSR count). The molecule has 0 aliphatic rings. The minimum absolute atomic E-state index is 0.00203. The maximum Gasteiger partial charge on any atom is 0.387 e. The number of ketones is 1. The smallest absolute Gasteiger partial charge is 0.387 e. The summed E-state index contributed by atoms with van der Waals surface area (Å²) in [7, 11) is 0. The number of hydrogen-bond acceptors (Lipinski definition) is 2. The molecule has 0 spiro atoms. The molecule has 18 heavy (non-hydrogen) atoms. The number of rotatable bonds is 7. The monoisotopic (exact) mass is 254 g/mol. The van der Waals surface area contributed by atoms with Crippen molar-refractivity contribution in [1.82, 2.24) is 0 Å². The third-order valence-electron chi connectivity index (χ3n) is 2.34. The highest BCUT2D eigenvalue weighted by molar-refractivity contribution is 6.04. The molecular formula is C14H16F2O2. The molecule has 0 bridgehead atoms. The van der Waals surface area contributed by atoms with E-state index in [4.69, 9.17) is 0 Å². The topological polar surface area (TPSA) is 26.3 Å². The summed E-state index contributed by atoms with van der Waals surface area (Å²) >= 11 is 0. The van der Waals surface area contributed by atoms with Gasteiger partial charge in [-0.3, -0.25) is 4.79 Å². The number of allylic oxidation sites excluding steroid dienone is 2. The standard InChI is InChI=1S/C14H16F2O2/c1-2-3-4-5-9-13(17)11-7-6-8-12(10-11)18-14(15)16/h5-10,14H,2-4H2,1H3/b9-5+. The number of halogens is 2. The van der Waals surface area contributed by atoms with Crippen LogP contribution in [0.25, 0.3) is 0 Å². The molecule has 0 N–H and O–H groups in total. The quantitative estimate of drug-likeness (QED) is 0.414. The molecule has 0 aliphatic heterocycles. The predicted molar refractivity (Wildman–Crippen MR) is 66.1 cm³/mol. The highest BCUT2D eigenvalue weighted by Gasteiger charge is 2.07. The number of carbonyl (C=O) groups is 1. The Kier molecular flexibility index (Phi) is 6.05. The molecule has 1 aromatic rings. The van der Waals surface area contributed by atoms with Gasteiger partial charge in [0.25, 0.3) is 0 Å². The lowest BCUT2D eigenvalue weighted by Gasteiger charge is -2.04. The summed E-state index contributed by atoms with van der Waals surface area (Å²) in [5.74, 6) is -0.205. The first-order valence-electron chi connectivity index (χ1n) is 5.89. The minimum atomic E-state index is -2.88. The Balaban J connectivity index is 2.65. The van der Waals surface area contributed by atoms with Crippen molar-refractivity contribution in [3.05, 3.63) is 42.0 Å². The molecule has 0 saturated heterocycles. The van der Waals surface area contributed by atoms with Crippen molar-refractivity contribution in [3.8, 4) is 5.75 Å². The zero-order valence-corrected chi connectivity index (χ0v) is 10.2. The Hall–Kier alpha value is -1.71. The Bertz CT molecular complexity index is 414. The number of ether oxygens (including phenoxy) is 1. The van der Waals surface area contributed by atoms with Crippen LogP contribution in [-0.4, -0.2) is 12.4 Å². The number of carbonyl (C=O) groups excluding carboxylic acids is 1. The second-order valence-electron chi connectivity index (χ2n) is 3.82. The van der Waals surface area contributed by atoms with Gasteiger partial charge in [-0.15, -0.1) is 0 Å². The summed E-state index contributed by atoms with van der Waals surface area (Å²) in [6, 6.07) is 5.80. The first-order valence-corrected chi connectivity index (χ1v) is 5.89. The summed E-state index contributed by atoms with van der Waals surface area (Å²) in [6.45, 7) is -0.809. The van der Waals surface area contributed by atoms with E-state index in [-0.39, 0.29) is 11.5 Å². The van der Waals surface area contributed by atoms with Crippen LogP contribution in [0.15, 0.2) is 36.4 Å². The van der Waals surface area contributed by atoms with Gasteiger partial charge in [0.1, 0.15) is 5.75 Å². The molecule has 0 aliphatic carbocycles. The molecule has 0 radical (unpaired) electrons. The Morgan fingerprint density at radius 1 is 1.44 bits per heavy atom. The maximum absolute atomic E-state index is 12.0. The molecule has 0 unspecified atom stereocenters. The molecule has 0 heterocycles. The molecule has 98 valence electrons. The second kappa shape index (κ2) is 7.58. The van der Waals surface area contributed by atoms with Crippen LogP contribution >= 0.6 is 0 Å². The first-order chi connectivity index (χ1) is 8.63. The van der Waals surface area contributed by atoms with Crippen molar-refractivity contribution in [1.29, 1.82) is 0 Å².